The highest BCUT2D eigenvalue weighted by Crippen LogP contribution is 2.62. The van der Waals surface area contributed by atoms with Crippen LogP contribution in [-0.2, 0) is 14.3 Å². The van der Waals surface area contributed by atoms with Gasteiger partial charge in [0.1, 0.15) is 6.10 Å². The van der Waals surface area contributed by atoms with Gasteiger partial charge in [0, 0.05) is 18.8 Å². The van der Waals surface area contributed by atoms with Crippen LogP contribution in [0.25, 0.3) is 0 Å². The van der Waals surface area contributed by atoms with E-state index in [0.717, 1.165) is 37.5 Å². The number of ether oxygens (including phenoxy) is 1. The fourth-order valence-electron chi connectivity index (χ4n) is 6.53. The molecule has 4 rings (SSSR count). The van der Waals surface area contributed by atoms with Crippen LogP contribution >= 0.6 is 0 Å². The molecule has 0 aromatic rings. The lowest BCUT2D eigenvalue weighted by atomic mass is 9.52. The van der Waals surface area contributed by atoms with Gasteiger partial charge < -0.3 is 4.74 Å². The SMILES string of the molecule is CC(=O)O[C@H]1CC[C@H]2[C@@H]3CCC4=CC(=O)CC[C@H]4[C@@H]3CC[C@]12C. The third kappa shape index (κ3) is 2.38. The van der Waals surface area contributed by atoms with Crippen molar-refractivity contribution in [3.05, 3.63) is 11.6 Å². The number of carbonyl (C=O) groups excluding carboxylic acids is 2. The molecule has 3 heteroatoms. The molecule has 0 unspecified atom stereocenters. The lowest BCUT2D eigenvalue weighted by Gasteiger charge is -2.53. The van der Waals surface area contributed by atoms with E-state index in [9.17, 15) is 9.59 Å². The van der Waals surface area contributed by atoms with Crippen molar-refractivity contribution in [2.24, 2.45) is 29.1 Å². The number of hydrogen-bond acceptors (Lipinski definition) is 3. The first kappa shape index (κ1) is 15.4. The zero-order valence-corrected chi connectivity index (χ0v) is 14.3. The lowest BCUT2D eigenvalue weighted by Crippen LogP contribution is -2.48. The minimum absolute atomic E-state index is 0.121. The maximum Gasteiger partial charge on any atom is 0.302 e. The Morgan fingerprint density at radius 2 is 1.96 bits per heavy atom. The van der Waals surface area contributed by atoms with Crippen molar-refractivity contribution >= 4 is 11.8 Å². The van der Waals surface area contributed by atoms with E-state index in [1.807, 2.05) is 6.08 Å². The Kier molecular flexibility index (Phi) is 3.66. The van der Waals surface area contributed by atoms with Gasteiger partial charge in [-0.2, -0.15) is 0 Å². The number of fused-ring (bicyclic) bond motifs is 5. The quantitative estimate of drug-likeness (QED) is 0.685. The molecule has 0 aromatic carbocycles. The summed E-state index contributed by atoms with van der Waals surface area (Å²) in [7, 11) is 0. The molecule has 4 aliphatic rings. The molecule has 0 saturated heterocycles. The van der Waals surface area contributed by atoms with Crippen LogP contribution in [-0.4, -0.2) is 17.9 Å². The van der Waals surface area contributed by atoms with E-state index >= 15 is 0 Å². The first-order valence-electron chi connectivity index (χ1n) is 9.39. The zero-order chi connectivity index (χ0) is 16.2. The topological polar surface area (TPSA) is 43.4 Å². The summed E-state index contributed by atoms with van der Waals surface area (Å²) in [5.74, 6) is 3.10. The van der Waals surface area contributed by atoms with E-state index in [-0.39, 0.29) is 17.5 Å². The largest absolute Gasteiger partial charge is 0.462 e. The van der Waals surface area contributed by atoms with Crippen molar-refractivity contribution in [1.82, 2.24) is 0 Å². The Morgan fingerprint density at radius 1 is 1.13 bits per heavy atom. The summed E-state index contributed by atoms with van der Waals surface area (Å²) in [5.41, 5.74) is 1.62. The maximum absolute atomic E-state index is 11.7. The molecule has 0 N–H and O–H groups in total. The number of allylic oxidation sites excluding steroid dienone is 1. The molecule has 126 valence electrons. The molecule has 4 aliphatic carbocycles. The molecule has 0 spiro atoms. The predicted molar refractivity (Wildman–Crippen MR) is 87.6 cm³/mol. The molecule has 23 heavy (non-hydrogen) atoms. The molecule has 0 amide bonds. The highest BCUT2D eigenvalue weighted by Gasteiger charge is 2.57. The third-order valence-electron chi connectivity index (χ3n) is 7.52. The first-order chi connectivity index (χ1) is 11.0. The standard InChI is InChI=1S/C20H28O3/c1-12(21)23-19-8-7-18-17-5-3-13-11-14(22)4-6-15(13)16(17)9-10-20(18,19)2/h11,15-19H,3-10H2,1-2H3/t15-,16+,17-,18+,19+,20+/m1/s1. The van der Waals surface area contributed by atoms with Gasteiger partial charge in [-0.1, -0.05) is 12.5 Å². The molecule has 3 saturated carbocycles. The second-order valence-corrected chi connectivity index (χ2v) is 8.52. The van der Waals surface area contributed by atoms with Crippen LogP contribution < -0.4 is 0 Å². The van der Waals surface area contributed by atoms with E-state index in [1.54, 1.807) is 6.92 Å². The van der Waals surface area contributed by atoms with Gasteiger partial charge in [-0.3, -0.25) is 9.59 Å². The minimum Gasteiger partial charge on any atom is -0.462 e. The molecule has 6 atom stereocenters. The molecule has 0 heterocycles. The average Bonchev–Trinajstić information content (AvgIpc) is 2.83. The van der Waals surface area contributed by atoms with Crippen molar-refractivity contribution in [2.45, 2.75) is 71.3 Å². The third-order valence-corrected chi connectivity index (χ3v) is 7.52. The highest BCUT2D eigenvalue weighted by atomic mass is 16.5. The van der Waals surface area contributed by atoms with Crippen molar-refractivity contribution in [3.8, 4) is 0 Å². The van der Waals surface area contributed by atoms with E-state index in [2.05, 4.69) is 6.92 Å². The normalized spacial score (nSPS) is 45.6. The molecule has 0 radical (unpaired) electrons. The smallest absolute Gasteiger partial charge is 0.302 e. The Hall–Kier alpha value is -1.12. The van der Waals surface area contributed by atoms with Gasteiger partial charge in [-0.15, -0.1) is 0 Å². The van der Waals surface area contributed by atoms with Gasteiger partial charge in [-0.05, 0) is 74.7 Å². The highest BCUT2D eigenvalue weighted by molar-refractivity contribution is 5.91. The van der Waals surface area contributed by atoms with Crippen molar-refractivity contribution in [3.63, 3.8) is 0 Å². The Labute approximate surface area is 138 Å². The molecular formula is C20H28O3. The fourth-order valence-corrected chi connectivity index (χ4v) is 6.53. The molecule has 0 aromatic heterocycles. The lowest BCUT2D eigenvalue weighted by molar-refractivity contribution is -0.156. The first-order valence-corrected chi connectivity index (χ1v) is 9.39. The average molecular weight is 316 g/mol. The predicted octanol–water partition coefficient (Wildman–Crippen LogP) is 4.06. The maximum atomic E-state index is 11.7. The summed E-state index contributed by atoms with van der Waals surface area (Å²) in [6.07, 6.45) is 10.9. The van der Waals surface area contributed by atoms with Crippen molar-refractivity contribution in [2.75, 3.05) is 0 Å². The van der Waals surface area contributed by atoms with Crippen LogP contribution in [0, 0.1) is 29.1 Å². The summed E-state index contributed by atoms with van der Waals surface area (Å²) >= 11 is 0. The number of hydrogen-bond donors (Lipinski definition) is 0. The Bertz CT molecular complexity index is 563. The summed E-state index contributed by atoms with van der Waals surface area (Å²) in [6.45, 7) is 3.91. The van der Waals surface area contributed by atoms with Crippen molar-refractivity contribution < 1.29 is 14.3 Å². The molecule has 0 aliphatic heterocycles. The monoisotopic (exact) mass is 316 g/mol. The number of ketones is 1. The van der Waals surface area contributed by atoms with Gasteiger partial charge in [0.2, 0.25) is 0 Å². The van der Waals surface area contributed by atoms with Gasteiger partial charge in [0.05, 0.1) is 0 Å². The Balaban J connectivity index is 1.57. The van der Waals surface area contributed by atoms with Gasteiger partial charge >= 0.3 is 5.97 Å². The summed E-state index contributed by atoms with van der Waals surface area (Å²) in [6, 6.07) is 0. The van der Waals surface area contributed by atoms with Crippen LogP contribution in [0.2, 0.25) is 0 Å². The van der Waals surface area contributed by atoms with Gasteiger partial charge in [0.15, 0.2) is 5.78 Å². The van der Waals surface area contributed by atoms with Crippen LogP contribution in [0.15, 0.2) is 11.6 Å². The number of esters is 1. The summed E-state index contributed by atoms with van der Waals surface area (Å²) in [5, 5.41) is 0. The molecule has 3 nitrogen and oxygen atoms in total. The minimum atomic E-state index is -0.126. The Morgan fingerprint density at radius 3 is 2.74 bits per heavy atom. The fraction of sp³-hybridized carbons (Fsp3) is 0.800. The van der Waals surface area contributed by atoms with Crippen LogP contribution in [0.3, 0.4) is 0 Å². The van der Waals surface area contributed by atoms with E-state index in [1.165, 1.54) is 31.3 Å². The summed E-state index contributed by atoms with van der Waals surface area (Å²) < 4.78 is 5.69. The molecule has 0 bridgehead atoms. The van der Waals surface area contributed by atoms with Crippen LogP contribution in [0.4, 0.5) is 0 Å². The van der Waals surface area contributed by atoms with Crippen LogP contribution in [0.5, 0.6) is 0 Å². The number of rotatable bonds is 1. The van der Waals surface area contributed by atoms with Crippen molar-refractivity contribution in [1.29, 1.82) is 0 Å². The van der Waals surface area contributed by atoms with Crippen LogP contribution in [0.1, 0.15) is 65.2 Å². The number of carbonyl (C=O) groups is 2. The molecule has 3 fully saturated rings. The van der Waals surface area contributed by atoms with E-state index in [0.29, 0.717) is 17.6 Å². The molecular weight excluding hydrogens is 288 g/mol. The summed E-state index contributed by atoms with van der Waals surface area (Å²) in [4.78, 5) is 23.2. The second kappa shape index (κ2) is 5.46. The van der Waals surface area contributed by atoms with E-state index in [4.69, 9.17) is 4.74 Å². The zero-order valence-electron chi connectivity index (χ0n) is 14.3. The van der Waals surface area contributed by atoms with Gasteiger partial charge in [0.25, 0.3) is 0 Å². The second-order valence-electron chi connectivity index (χ2n) is 8.52. The van der Waals surface area contributed by atoms with Gasteiger partial charge in [-0.25, -0.2) is 0 Å². The van der Waals surface area contributed by atoms with E-state index < -0.39 is 0 Å².